The predicted octanol–water partition coefficient (Wildman–Crippen LogP) is 7.90. The van der Waals surface area contributed by atoms with Crippen LogP contribution in [0, 0.1) is 5.41 Å². The first kappa shape index (κ1) is 31.5. The highest BCUT2D eigenvalue weighted by molar-refractivity contribution is 6.34. The average molecular weight is 614 g/mol. The Morgan fingerprint density at radius 3 is 2.30 bits per heavy atom. The lowest BCUT2D eigenvalue weighted by Crippen LogP contribution is -2.34. The molecule has 4 N–H and O–H groups in total. The number of carbonyl (C=O) groups excluding carboxylic acids is 2. The van der Waals surface area contributed by atoms with Crippen molar-refractivity contribution in [1.82, 2.24) is 10.7 Å². The maximum atomic E-state index is 13.6. The molecule has 0 heterocycles. The summed E-state index contributed by atoms with van der Waals surface area (Å²) in [6, 6.07) is 16.6. The Morgan fingerprint density at radius 1 is 1.00 bits per heavy atom. The van der Waals surface area contributed by atoms with Crippen molar-refractivity contribution in [3.8, 4) is 0 Å². The summed E-state index contributed by atoms with van der Waals surface area (Å²) in [5.74, 6) is -0.566. The van der Waals surface area contributed by atoms with Crippen molar-refractivity contribution < 1.29 is 22.8 Å². The maximum absolute atomic E-state index is 13.6. The van der Waals surface area contributed by atoms with Gasteiger partial charge >= 0.3 is 12.2 Å². The lowest BCUT2D eigenvalue weighted by Gasteiger charge is -2.26. The van der Waals surface area contributed by atoms with E-state index < -0.39 is 34.7 Å². The van der Waals surface area contributed by atoms with Crippen molar-refractivity contribution in [3.63, 3.8) is 0 Å². The van der Waals surface area contributed by atoms with Gasteiger partial charge in [0, 0.05) is 18.3 Å². The largest absolute Gasteiger partial charge is 0.417 e. The molecule has 3 aromatic carbocycles. The van der Waals surface area contributed by atoms with Crippen LogP contribution in [0.15, 0.2) is 77.1 Å². The molecule has 226 valence electrons. The van der Waals surface area contributed by atoms with Crippen molar-refractivity contribution in [2.45, 2.75) is 50.7 Å². The van der Waals surface area contributed by atoms with Gasteiger partial charge in [-0.25, -0.2) is 4.79 Å². The first-order valence-corrected chi connectivity index (χ1v) is 14.0. The second-order valence-corrected chi connectivity index (χ2v) is 10.4. The Labute approximate surface area is 252 Å². The molecule has 1 aliphatic rings. The van der Waals surface area contributed by atoms with Crippen molar-refractivity contribution in [3.05, 3.63) is 94.0 Å². The first-order valence-electron chi connectivity index (χ1n) is 13.7. The summed E-state index contributed by atoms with van der Waals surface area (Å²) in [6.07, 6.45) is 1.10. The van der Waals surface area contributed by atoms with Gasteiger partial charge in [-0.3, -0.25) is 25.8 Å². The third-order valence-electron chi connectivity index (χ3n) is 7.11. The van der Waals surface area contributed by atoms with Crippen molar-refractivity contribution in [2.24, 2.45) is 10.3 Å². The van der Waals surface area contributed by atoms with Gasteiger partial charge in [-0.1, -0.05) is 71.5 Å². The second kappa shape index (κ2) is 14.1. The molecule has 9 nitrogen and oxygen atoms in total. The van der Waals surface area contributed by atoms with Crippen molar-refractivity contribution in [1.29, 1.82) is 5.41 Å². The number of nitrogens with one attached hydrogen (secondary N) is 4. The number of amides is 3. The normalized spacial score (nSPS) is 13.9. The molecule has 3 aromatic rings. The zero-order chi connectivity index (χ0) is 31.0. The number of carbonyl (C=O) groups is 2. The number of alkyl halides is 3. The minimum atomic E-state index is -4.69. The molecule has 0 saturated heterocycles. The van der Waals surface area contributed by atoms with Gasteiger partial charge in [0.05, 0.1) is 22.8 Å². The van der Waals surface area contributed by atoms with Gasteiger partial charge in [-0.15, -0.1) is 0 Å². The molecule has 43 heavy (non-hydrogen) atoms. The fourth-order valence-electron chi connectivity index (χ4n) is 4.92. The molecule has 3 amide bonds. The minimum Gasteiger partial charge on any atom is -0.306 e. The number of benzene rings is 3. The van der Waals surface area contributed by atoms with Crippen LogP contribution in [0.5, 0.6) is 0 Å². The van der Waals surface area contributed by atoms with Gasteiger partial charge in [-0.2, -0.15) is 13.2 Å². The summed E-state index contributed by atoms with van der Waals surface area (Å²) in [4.78, 5) is 27.4. The van der Waals surface area contributed by atoms with E-state index in [2.05, 4.69) is 26.4 Å². The molecule has 0 atom stereocenters. The summed E-state index contributed by atoms with van der Waals surface area (Å²) in [5.41, 5.74) is 3.76. The van der Waals surface area contributed by atoms with Crippen LogP contribution in [-0.2, 0) is 12.7 Å². The summed E-state index contributed by atoms with van der Waals surface area (Å²) in [7, 11) is 1.50. The van der Waals surface area contributed by atoms with Crippen LogP contribution in [0.3, 0.4) is 0 Å². The summed E-state index contributed by atoms with van der Waals surface area (Å²) in [6.45, 7) is 0.0410. The zero-order valence-corrected chi connectivity index (χ0v) is 24.1. The van der Waals surface area contributed by atoms with Crippen LogP contribution in [0.4, 0.5) is 29.3 Å². The lowest BCUT2D eigenvalue weighted by atomic mass is 9.84. The zero-order valence-electron chi connectivity index (χ0n) is 23.3. The third-order valence-corrected chi connectivity index (χ3v) is 7.52. The molecule has 0 spiro atoms. The number of halogens is 4. The van der Waals surface area contributed by atoms with Crippen LogP contribution < -0.4 is 21.0 Å². The maximum Gasteiger partial charge on any atom is 0.417 e. The van der Waals surface area contributed by atoms with Crippen LogP contribution in [0.2, 0.25) is 5.02 Å². The predicted molar refractivity (Wildman–Crippen MR) is 159 cm³/mol. The highest BCUT2D eigenvalue weighted by Gasteiger charge is 2.34. The Kier molecular flexibility index (Phi) is 10.4. The molecule has 13 heteroatoms. The second-order valence-electron chi connectivity index (χ2n) is 10.0. The molecule has 1 fully saturated rings. The molecule has 4 rings (SSSR count). The van der Waals surface area contributed by atoms with Crippen LogP contribution in [0.25, 0.3) is 0 Å². The SMILES string of the molecule is CN/N=N\C(=N)NC(=O)c1ccc(CN(C(=O)Nc2cccc(C(F)(F)F)c2Cl)c2ccc(C3CCCCC3)cc2)cc1. The van der Waals surface area contributed by atoms with Crippen LogP contribution in [0.1, 0.15) is 65.1 Å². The Balaban J connectivity index is 1.58. The van der Waals surface area contributed by atoms with Gasteiger partial charge in [0.15, 0.2) is 0 Å². The Bertz CT molecular complexity index is 1470. The average Bonchev–Trinajstić information content (AvgIpc) is 3.00. The van der Waals surface area contributed by atoms with E-state index >= 15 is 0 Å². The number of guanidine groups is 1. The molecule has 0 unspecified atom stereocenters. The van der Waals surface area contributed by atoms with E-state index in [9.17, 15) is 22.8 Å². The van der Waals surface area contributed by atoms with E-state index in [1.165, 1.54) is 61.0 Å². The molecule has 0 aromatic heterocycles. The number of hydrogen-bond acceptors (Lipinski definition) is 4. The third kappa shape index (κ3) is 8.31. The lowest BCUT2D eigenvalue weighted by molar-refractivity contribution is -0.137. The molecule has 0 bridgehead atoms. The van der Waals surface area contributed by atoms with E-state index in [4.69, 9.17) is 17.0 Å². The molecular formula is C30H31ClF3N7O2. The van der Waals surface area contributed by atoms with Crippen molar-refractivity contribution in [2.75, 3.05) is 17.3 Å². The summed E-state index contributed by atoms with van der Waals surface area (Å²) >= 11 is 6.04. The van der Waals surface area contributed by atoms with Gasteiger partial charge in [0.1, 0.15) is 0 Å². The molecule has 1 aliphatic carbocycles. The molecule has 1 saturated carbocycles. The van der Waals surface area contributed by atoms with Crippen LogP contribution in [-0.4, -0.2) is 24.9 Å². The topological polar surface area (TPSA) is 122 Å². The van der Waals surface area contributed by atoms with Crippen LogP contribution >= 0.6 is 11.6 Å². The Morgan fingerprint density at radius 2 is 1.67 bits per heavy atom. The summed E-state index contributed by atoms with van der Waals surface area (Å²) < 4.78 is 40.3. The number of rotatable bonds is 7. The smallest absolute Gasteiger partial charge is 0.306 e. The van der Waals surface area contributed by atoms with Gasteiger partial charge in [0.2, 0.25) is 5.96 Å². The molecular weight excluding hydrogens is 583 g/mol. The minimum absolute atomic E-state index is 0.0410. The summed E-state index contributed by atoms with van der Waals surface area (Å²) in [5, 5.41) is 18.7. The van der Waals surface area contributed by atoms with E-state index in [-0.39, 0.29) is 17.8 Å². The number of nitrogens with zero attached hydrogens (tertiary/aromatic N) is 3. The number of anilines is 2. The van der Waals surface area contributed by atoms with E-state index in [0.29, 0.717) is 17.2 Å². The highest BCUT2D eigenvalue weighted by Crippen LogP contribution is 2.38. The highest BCUT2D eigenvalue weighted by atomic mass is 35.5. The fourth-order valence-corrected chi connectivity index (χ4v) is 5.20. The molecule has 0 aliphatic heterocycles. The monoisotopic (exact) mass is 613 g/mol. The van der Waals surface area contributed by atoms with Crippen molar-refractivity contribution >= 4 is 40.9 Å². The fraction of sp³-hybridized carbons (Fsp3) is 0.300. The van der Waals surface area contributed by atoms with Gasteiger partial charge < -0.3 is 5.32 Å². The van der Waals surface area contributed by atoms with Gasteiger partial charge in [0.25, 0.3) is 5.91 Å². The number of hydrogen-bond donors (Lipinski definition) is 4. The first-order chi connectivity index (χ1) is 20.6. The van der Waals surface area contributed by atoms with E-state index in [1.54, 1.807) is 12.1 Å². The van der Waals surface area contributed by atoms with E-state index in [1.807, 2.05) is 24.3 Å². The van der Waals surface area contributed by atoms with Gasteiger partial charge in [-0.05, 0) is 66.3 Å². The number of urea groups is 1. The standard InChI is InChI=1S/C30H31ClF3N7O2/c1-36-40-39-28(35)38-27(42)22-12-10-19(11-13-22)18-41(23-16-14-21(15-17-23)20-6-3-2-4-7-20)29(43)37-25-9-5-8-24(26(25)31)30(32,33)34/h5,8-17,20H,2-4,6-7,18H2,1H3,(H,37,43)(H3,35,36,38,39,42). The van der Waals surface area contributed by atoms with E-state index in [0.717, 1.165) is 18.9 Å². The Hall–Kier alpha value is -4.45. The molecule has 0 radical (unpaired) electrons. The quantitative estimate of drug-likeness (QED) is 0.0937.